The number of aryl methyl sites for hydroxylation is 3. The van der Waals surface area contributed by atoms with Crippen LogP contribution in [0.4, 0.5) is 11.4 Å². The summed E-state index contributed by atoms with van der Waals surface area (Å²) in [7, 11) is 0. The van der Waals surface area contributed by atoms with Crippen LogP contribution in [0.5, 0.6) is 0 Å². The second-order valence-corrected chi connectivity index (χ2v) is 8.03. The predicted molar refractivity (Wildman–Crippen MR) is 122 cm³/mol. The molecule has 0 radical (unpaired) electrons. The maximum atomic E-state index is 12.7. The average Bonchev–Trinajstić information content (AvgIpc) is 3.28. The molecule has 32 heavy (non-hydrogen) atoms. The number of piperazine rings is 1. The highest BCUT2D eigenvalue weighted by Gasteiger charge is 2.25. The average molecular weight is 434 g/mol. The van der Waals surface area contributed by atoms with Crippen molar-refractivity contribution < 1.29 is 14.1 Å². The standard InChI is InChI=1S/C24H26N4O4/c1-17-7-8-19(15-18(17)2)22-16-25-23(32-22)9-10-24(29)27-13-11-26(12-14-27)20-5-3-4-6-21(20)28(30)31/h3-8,15-16H,9-14H2,1-2H3. The Morgan fingerprint density at radius 3 is 2.56 bits per heavy atom. The first-order valence-corrected chi connectivity index (χ1v) is 10.7. The fraction of sp³-hybridized carbons (Fsp3) is 0.333. The molecule has 1 aliphatic rings. The molecule has 8 nitrogen and oxygen atoms in total. The summed E-state index contributed by atoms with van der Waals surface area (Å²) in [6, 6.07) is 12.9. The lowest BCUT2D eigenvalue weighted by Gasteiger charge is -2.35. The summed E-state index contributed by atoms with van der Waals surface area (Å²) in [5, 5.41) is 11.3. The molecular weight excluding hydrogens is 408 g/mol. The van der Waals surface area contributed by atoms with E-state index in [9.17, 15) is 14.9 Å². The molecule has 0 bridgehead atoms. The van der Waals surface area contributed by atoms with Crippen molar-refractivity contribution >= 4 is 17.3 Å². The lowest BCUT2D eigenvalue weighted by molar-refractivity contribution is -0.384. The van der Waals surface area contributed by atoms with E-state index in [4.69, 9.17) is 4.42 Å². The van der Waals surface area contributed by atoms with Gasteiger partial charge in [0, 0.05) is 50.7 Å². The van der Waals surface area contributed by atoms with Crippen molar-refractivity contribution in [3.05, 3.63) is 75.8 Å². The van der Waals surface area contributed by atoms with E-state index in [1.165, 1.54) is 17.2 Å². The molecule has 0 N–H and O–H groups in total. The summed E-state index contributed by atoms with van der Waals surface area (Å²) >= 11 is 0. The molecule has 0 unspecified atom stereocenters. The number of oxazole rings is 1. The number of hydrogen-bond acceptors (Lipinski definition) is 6. The highest BCUT2D eigenvalue weighted by atomic mass is 16.6. The number of nitro benzene ring substituents is 1. The molecule has 0 saturated carbocycles. The van der Waals surface area contributed by atoms with E-state index in [0.29, 0.717) is 56.4 Å². The zero-order valence-corrected chi connectivity index (χ0v) is 18.3. The van der Waals surface area contributed by atoms with Crippen LogP contribution >= 0.6 is 0 Å². The van der Waals surface area contributed by atoms with Crippen LogP contribution in [0.15, 0.2) is 53.1 Å². The van der Waals surface area contributed by atoms with Crippen LogP contribution in [0.2, 0.25) is 0 Å². The Kier molecular flexibility index (Phi) is 6.20. The molecular formula is C24H26N4O4. The number of hydrogen-bond donors (Lipinski definition) is 0. The number of para-hydroxylation sites is 2. The molecule has 0 atom stereocenters. The summed E-state index contributed by atoms with van der Waals surface area (Å²) in [6.45, 7) is 6.32. The third-order valence-corrected chi connectivity index (χ3v) is 5.95. The van der Waals surface area contributed by atoms with Gasteiger partial charge in [0.25, 0.3) is 5.69 Å². The number of rotatable bonds is 6. The highest BCUT2D eigenvalue weighted by Crippen LogP contribution is 2.28. The topological polar surface area (TPSA) is 92.7 Å². The van der Waals surface area contributed by atoms with Crippen LogP contribution in [0.25, 0.3) is 11.3 Å². The maximum absolute atomic E-state index is 12.7. The number of nitrogens with zero attached hydrogens (tertiary/aromatic N) is 4. The molecule has 1 amide bonds. The third-order valence-electron chi connectivity index (χ3n) is 5.95. The largest absolute Gasteiger partial charge is 0.441 e. The van der Waals surface area contributed by atoms with Crippen LogP contribution in [0.1, 0.15) is 23.4 Å². The van der Waals surface area contributed by atoms with Gasteiger partial charge in [0.15, 0.2) is 11.7 Å². The monoisotopic (exact) mass is 434 g/mol. The first-order valence-electron chi connectivity index (χ1n) is 10.7. The molecule has 0 spiro atoms. The van der Waals surface area contributed by atoms with Gasteiger partial charge in [-0.05, 0) is 37.1 Å². The molecule has 1 fully saturated rings. The Balaban J connectivity index is 1.31. The van der Waals surface area contributed by atoms with E-state index in [1.54, 1.807) is 29.3 Å². The summed E-state index contributed by atoms with van der Waals surface area (Å²) in [4.78, 5) is 31.7. The number of benzene rings is 2. The smallest absolute Gasteiger partial charge is 0.292 e. The predicted octanol–water partition coefficient (Wildman–Crippen LogP) is 4.15. The first kappa shape index (κ1) is 21.5. The second-order valence-electron chi connectivity index (χ2n) is 8.03. The Morgan fingerprint density at radius 2 is 1.84 bits per heavy atom. The summed E-state index contributed by atoms with van der Waals surface area (Å²) in [5.41, 5.74) is 4.08. The number of carbonyl (C=O) groups is 1. The Bertz CT molecular complexity index is 1130. The number of amides is 1. The van der Waals surface area contributed by atoms with Crippen molar-refractivity contribution in [2.45, 2.75) is 26.7 Å². The molecule has 2 aromatic carbocycles. The van der Waals surface area contributed by atoms with Gasteiger partial charge < -0.3 is 14.2 Å². The van der Waals surface area contributed by atoms with Gasteiger partial charge in [-0.15, -0.1) is 0 Å². The normalized spacial score (nSPS) is 13.9. The van der Waals surface area contributed by atoms with Crippen molar-refractivity contribution in [1.29, 1.82) is 0 Å². The minimum atomic E-state index is -0.366. The van der Waals surface area contributed by atoms with E-state index < -0.39 is 0 Å². The second kappa shape index (κ2) is 9.21. The molecule has 8 heteroatoms. The lowest BCUT2D eigenvalue weighted by Crippen LogP contribution is -2.49. The van der Waals surface area contributed by atoms with Crippen molar-refractivity contribution in [2.75, 3.05) is 31.1 Å². The van der Waals surface area contributed by atoms with Gasteiger partial charge in [-0.1, -0.05) is 24.3 Å². The zero-order valence-electron chi connectivity index (χ0n) is 18.3. The summed E-state index contributed by atoms with van der Waals surface area (Å²) in [6.07, 6.45) is 2.46. The van der Waals surface area contributed by atoms with Crippen molar-refractivity contribution in [3.63, 3.8) is 0 Å². The SMILES string of the molecule is Cc1ccc(-c2cnc(CCC(=O)N3CCN(c4ccccc4[N+](=O)[O-])CC3)o2)cc1C. The number of nitro groups is 1. The van der Waals surface area contributed by atoms with Gasteiger partial charge in [-0.25, -0.2) is 4.98 Å². The number of anilines is 1. The van der Waals surface area contributed by atoms with E-state index >= 15 is 0 Å². The summed E-state index contributed by atoms with van der Waals surface area (Å²) < 4.78 is 5.86. The van der Waals surface area contributed by atoms with Crippen molar-refractivity contribution in [1.82, 2.24) is 9.88 Å². The zero-order chi connectivity index (χ0) is 22.7. The van der Waals surface area contributed by atoms with E-state index in [2.05, 4.69) is 31.0 Å². The number of aromatic nitrogens is 1. The third kappa shape index (κ3) is 4.64. The molecule has 166 valence electrons. The van der Waals surface area contributed by atoms with Gasteiger partial charge in [0.1, 0.15) is 5.69 Å². The highest BCUT2D eigenvalue weighted by molar-refractivity contribution is 5.77. The van der Waals surface area contributed by atoms with Crippen LogP contribution in [0, 0.1) is 24.0 Å². The van der Waals surface area contributed by atoms with E-state index in [-0.39, 0.29) is 16.5 Å². The van der Waals surface area contributed by atoms with Gasteiger partial charge in [0.05, 0.1) is 11.1 Å². The fourth-order valence-corrected chi connectivity index (χ4v) is 3.91. The maximum Gasteiger partial charge on any atom is 0.292 e. The minimum Gasteiger partial charge on any atom is -0.441 e. The van der Waals surface area contributed by atoms with E-state index in [1.807, 2.05) is 11.0 Å². The van der Waals surface area contributed by atoms with Crippen LogP contribution < -0.4 is 4.90 Å². The fourth-order valence-electron chi connectivity index (χ4n) is 3.91. The minimum absolute atomic E-state index is 0.0399. The Hall–Kier alpha value is -3.68. The van der Waals surface area contributed by atoms with E-state index in [0.717, 1.165) is 5.56 Å². The van der Waals surface area contributed by atoms with Crippen molar-refractivity contribution in [3.8, 4) is 11.3 Å². The van der Waals surface area contributed by atoms with Gasteiger partial charge in [-0.2, -0.15) is 0 Å². The molecule has 1 saturated heterocycles. The molecule has 0 aliphatic carbocycles. The lowest BCUT2D eigenvalue weighted by atomic mass is 10.1. The molecule has 3 aromatic rings. The van der Waals surface area contributed by atoms with Crippen LogP contribution in [0.3, 0.4) is 0 Å². The van der Waals surface area contributed by atoms with Crippen molar-refractivity contribution in [2.24, 2.45) is 0 Å². The van der Waals surface area contributed by atoms with Gasteiger partial charge in [0.2, 0.25) is 5.91 Å². The summed E-state index contributed by atoms with van der Waals surface area (Å²) in [5.74, 6) is 1.29. The molecule has 2 heterocycles. The van der Waals surface area contributed by atoms with Gasteiger partial charge in [-0.3, -0.25) is 14.9 Å². The van der Waals surface area contributed by atoms with Gasteiger partial charge >= 0.3 is 0 Å². The molecule has 1 aromatic heterocycles. The molecule has 4 rings (SSSR count). The Morgan fingerprint density at radius 1 is 1.09 bits per heavy atom. The number of carbonyl (C=O) groups excluding carboxylic acids is 1. The first-order chi connectivity index (χ1) is 15.4. The Labute approximate surface area is 186 Å². The van der Waals surface area contributed by atoms with Crippen LogP contribution in [-0.2, 0) is 11.2 Å². The quantitative estimate of drug-likeness (QED) is 0.427. The van der Waals surface area contributed by atoms with Crippen LogP contribution in [-0.4, -0.2) is 46.9 Å². The molecule has 1 aliphatic heterocycles.